The van der Waals surface area contributed by atoms with Crippen molar-refractivity contribution in [2.45, 2.75) is 13.0 Å². The second-order valence-electron chi connectivity index (χ2n) is 5.70. The van der Waals surface area contributed by atoms with E-state index in [0.29, 0.717) is 46.8 Å². The summed E-state index contributed by atoms with van der Waals surface area (Å²) in [4.78, 5) is 12.6. The SMILES string of the molecule is COc1ccc(OC)c(CNC(=O)c2cc(Cl)c3c(c2)OCCCO3)c1. The summed E-state index contributed by atoms with van der Waals surface area (Å²) in [6.07, 6.45) is 0.766. The van der Waals surface area contributed by atoms with Crippen LogP contribution in [0.4, 0.5) is 0 Å². The molecule has 1 aliphatic heterocycles. The van der Waals surface area contributed by atoms with Gasteiger partial charge in [-0.2, -0.15) is 0 Å². The summed E-state index contributed by atoms with van der Waals surface area (Å²) >= 11 is 6.25. The largest absolute Gasteiger partial charge is 0.497 e. The van der Waals surface area contributed by atoms with E-state index in [2.05, 4.69) is 5.32 Å². The van der Waals surface area contributed by atoms with Gasteiger partial charge in [-0.3, -0.25) is 4.79 Å². The number of halogens is 1. The van der Waals surface area contributed by atoms with Gasteiger partial charge in [0.05, 0.1) is 32.5 Å². The molecule has 138 valence electrons. The molecule has 1 amide bonds. The van der Waals surface area contributed by atoms with Crippen LogP contribution in [0.3, 0.4) is 0 Å². The van der Waals surface area contributed by atoms with E-state index in [-0.39, 0.29) is 12.5 Å². The summed E-state index contributed by atoms with van der Waals surface area (Å²) in [6, 6.07) is 8.64. The number of hydrogen-bond acceptors (Lipinski definition) is 5. The summed E-state index contributed by atoms with van der Waals surface area (Å²) in [5.41, 5.74) is 1.21. The van der Waals surface area contributed by atoms with Crippen molar-refractivity contribution in [2.24, 2.45) is 0 Å². The lowest BCUT2D eigenvalue weighted by Gasteiger charge is -2.13. The molecule has 1 N–H and O–H groups in total. The molecule has 0 aliphatic carbocycles. The Morgan fingerprint density at radius 1 is 1.15 bits per heavy atom. The Morgan fingerprint density at radius 2 is 1.96 bits per heavy atom. The highest BCUT2D eigenvalue weighted by Crippen LogP contribution is 2.38. The van der Waals surface area contributed by atoms with E-state index in [0.717, 1.165) is 12.0 Å². The first-order valence-corrected chi connectivity index (χ1v) is 8.58. The van der Waals surface area contributed by atoms with E-state index < -0.39 is 0 Å². The van der Waals surface area contributed by atoms with Crippen LogP contribution in [0.25, 0.3) is 0 Å². The molecule has 1 aliphatic rings. The van der Waals surface area contributed by atoms with Gasteiger partial charge >= 0.3 is 0 Å². The van der Waals surface area contributed by atoms with Gasteiger partial charge < -0.3 is 24.3 Å². The van der Waals surface area contributed by atoms with Crippen LogP contribution in [0, 0.1) is 0 Å². The number of amides is 1. The molecule has 0 radical (unpaired) electrons. The summed E-state index contributed by atoms with van der Waals surface area (Å²) in [6.45, 7) is 1.34. The first-order valence-electron chi connectivity index (χ1n) is 8.20. The highest BCUT2D eigenvalue weighted by atomic mass is 35.5. The number of nitrogens with one attached hydrogen (secondary N) is 1. The van der Waals surface area contributed by atoms with Gasteiger partial charge in [0.1, 0.15) is 11.5 Å². The number of rotatable bonds is 5. The Kier molecular flexibility index (Phi) is 5.73. The third-order valence-corrected chi connectivity index (χ3v) is 4.27. The van der Waals surface area contributed by atoms with Crippen LogP contribution in [-0.2, 0) is 6.54 Å². The van der Waals surface area contributed by atoms with Gasteiger partial charge in [-0.15, -0.1) is 0 Å². The number of hydrogen-bond donors (Lipinski definition) is 1. The summed E-state index contributed by atoms with van der Waals surface area (Å²) < 4.78 is 21.7. The molecule has 0 bridgehead atoms. The molecule has 0 fully saturated rings. The van der Waals surface area contributed by atoms with Crippen molar-refractivity contribution in [2.75, 3.05) is 27.4 Å². The third-order valence-electron chi connectivity index (χ3n) is 3.99. The fourth-order valence-corrected chi connectivity index (χ4v) is 2.92. The smallest absolute Gasteiger partial charge is 0.251 e. The monoisotopic (exact) mass is 377 g/mol. The normalized spacial score (nSPS) is 12.9. The van der Waals surface area contributed by atoms with Gasteiger partial charge in [0, 0.05) is 24.1 Å². The van der Waals surface area contributed by atoms with E-state index in [1.807, 2.05) is 6.07 Å². The molecule has 0 saturated carbocycles. The van der Waals surface area contributed by atoms with Crippen LogP contribution in [0.5, 0.6) is 23.0 Å². The molecule has 6 nitrogen and oxygen atoms in total. The van der Waals surface area contributed by atoms with Gasteiger partial charge in [0.25, 0.3) is 5.91 Å². The molecule has 1 heterocycles. The molecule has 0 unspecified atom stereocenters. The van der Waals surface area contributed by atoms with Crippen molar-refractivity contribution in [3.8, 4) is 23.0 Å². The molecule has 0 saturated heterocycles. The summed E-state index contributed by atoms with van der Waals surface area (Å²) in [7, 11) is 3.17. The van der Waals surface area contributed by atoms with Crippen molar-refractivity contribution >= 4 is 17.5 Å². The van der Waals surface area contributed by atoms with Crippen molar-refractivity contribution < 1.29 is 23.7 Å². The van der Waals surface area contributed by atoms with Crippen molar-refractivity contribution in [1.82, 2.24) is 5.32 Å². The van der Waals surface area contributed by atoms with E-state index in [1.165, 1.54) is 0 Å². The third kappa shape index (κ3) is 3.96. The Hall–Kier alpha value is -2.60. The molecule has 2 aromatic carbocycles. The van der Waals surface area contributed by atoms with Gasteiger partial charge in [0.15, 0.2) is 11.5 Å². The topological polar surface area (TPSA) is 66.0 Å². The minimum Gasteiger partial charge on any atom is -0.497 e. The maximum Gasteiger partial charge on any atom is 0.251 e. The number of carbonyl (C=O) groups excluding carboxylic acids is 1. The molecule has 0 spiro atoms. The second kappa shape index (κ2) is 8.19. The average molecular weight is 378 g/mol. The summed E-state index contributed by atoms with van der Waals surface area (Å²) in [5, 5.41) is 3.22. The number of carbonyl (C=O) groups is 1. The first-order chi connectivity index (χ1) is 12.6. The molecule has 3 rings (SSSR count). The van der Waals surface area contributed by atoms with Gasteiger partial charge in [-0.25, -0.2) is 0 Å². The van der Waals surface area contributed by atoms with Crippen molar-refractivity contribution in [1.29, 1.82) is 0 Å². The zero-order valence-electron chi connectivity index (χ0n) is 14.6. The molecular weight excluding hydrogens is 358 g/mol. The maximum absolute atomic E-state index is 12.6. The Labute approximate surface area is 157 Å². The lowest BCUT2D eigenvalue weighted by Crippen LogP contribution is -2.23. The van der Waals surface area contributed by atoms with E-state index in [4.69, 9.17) is 30.5 Å². The van der Waals surface area contributed by atoms with Gasteiger partial charge in [0.2, 0.25) is 0 Å². The zero-order chi connectivity index (χ0) is 18.5. The molecular formula is C19H20ClNO5. The van der Waals surface area contributed by atoms with Gasteiger partial charge in [-0.1, -0.05) is 11.6 Å². The predicted octanol–water partition coefficient (Wildman–Crippen LogP) is 3.45. The number of fused-ring (bicyclic) bond motifs is 1. The molecule has 2 aromatic rings. The number of ether oxygens (including phenoxy) is 4. The van der Waals surface area contributed by atoms with Crippen LogP contribution < -0.4 is 24.3 Å². The van der Waals surface area contributed by atoms with Crippen LogP contribution in [0.2, 0.25) is 5.02 Å². The molecule has 7 heteroatoms. The van der Waals surface area contributed by atoms with Crippen LogP contribution in [0.1, 0.15) is 22.3 Å². The second-order valence-corrected chi connectivity index (χ2v) is 6.10. The molecule has 26 heavy (non-hydrogen) atoms. The Bertz CT molecular complexity index is 809. The van der Waals surface area contributed by atoms with E-state index >= 15 is 0 Å². The lowest BCUT2D eigenvalue weighted by molar-refractivity contribution is 0.0950. The predicted molar refractivity (Wildman–Crippen MR) is 97.8 cm³/mol. The average Bonchev–Trinajstić information content (AvgIpc) is 2.91. The number of benzene rings is 2. The van der Waals surface area contributed by atoms with E-state index in [1.54, 1.807) is 38.5 Å². The van der Waals surface area contributed by atoms with E-state index in [9.17, 15) is 4.79 Å². The zero-order valence-corrected chi connectivity index (χ0v) is 15.4. The first kappa shape index (κ1) is 18.2. The fourth-order valence-electron chi connectivity index (χ4n) is 2.66. The molecule has 0 atom stereocenters. The lowest BCUT2D eigenvalue weighted by atomic mass is 10.1. The highest BCUT2D eigenvalue weighted by molar-refractivity contribution is 6.32. The van der Waals surface area contributed by atoms with Crippen LogP contribution >= 0.6 is 11.6 Å². The number of methoxy groups -OCH3 is 2. The highest BCUT2D eigenvalue weighted by Gasteiger charge is 2.18. The molecule has 0 aromatic heterocycles. The standard InChI is InChI=1S/C19H20ClNO5/c1-23-14-4-5-16(24-2)13(8-14)11-21-19(22)12-9-15(20)18-17(10-12)25-6-3-7-26-18/h4-5,8-10H,3,6-7,11H2,1-2H3,(H,21,22). The Balaban J connectivity index is 1.77. The Morgan fingerprint density at radius 3 is 2.73 bits per heavy atom. The maximum atomic E-state index is 12.6. The minimum atomic E-state index is -0.271. The minimum absolute atomic E-state index is 0.271. The van der Waals surface area contributed by atoms with Crippen molar-refractivity contribution in [3.05, 3.63) is 46.5 Å². The quantitative estimate of drug-likeness (QED) is 0.864. The van der Waals surface area contributed by atoms with Crippen molar-refractivity contribution in [3.63, 3.8) is 0 Å². The van der Waals surface area contributed by atoms with Crippen LogP contribution in [-0.4, -0.2) is 33.3 Å². The van der Waals surface area contributed by atoms with Gasteiger partial charge in [-0.05, 0) is 30.3 Å². The van der Waals surface area contributed by atoms with Crippen LogP contribution in [0.15, 0.2) is 30.3 Å². The summed E-state index contributed by atoms with van der Waals surface area (Å²) in [5.74, 6) is 2.05. The fraction of sp³-hybridized carbons (Fsp3) is 0.316.